The molecule has 0 aliphatic heterocycles. The normalized spacial score (nSPS) is 13.5. The van der Waals surface area contributed by atoms with Gasteiger partial charge in [-0.05, 0) is 35.7 Å². The zero-order chi connectivity index (χ0) is 12.8. The molecule has 0 fully saturated rings. The first-order valence-corrected chi connectivity index (χ1v) is 8.62. The summed E-state index contributed by atoms with van der Waals surface area (Å²) in [6.45, 7) is 17.0. The van der Waals surface area contributed by atoms with Gasteiger partial charge in [0, 0.05) is 0 Å². The van der Waals surface area contributed by atoms with E-state index < -0.39 is 0 Å². The fourth-order valence-corrected chi connectivity index (χ4v) is 6.48. The van der Waals surface area contributed by atoms with Crippen molar-refractivity contribution in [3.63, 3.8) is 0 Å². The maximum atomic E-state index is 2.49. The Labute approximate surface area is 105 Å². The van der Waals surface area contributed by atoms with Crippen LogP contribution in [0.3, 0.4) is 0 Å². The molecule has 0 aliphatic rings. The van der Waals surface area contributed by atoms with Crippen LogP contribution in [0.4, 0.5) is 0 Å². The van der Waals surface area contributed by atoms with Crippen LogP contribution in [0, 0.1) is 0 Å². The molecule has 0 unspecified atom stereocenters. The fraction of sp³-hybridized carbons (Fsp3) is 1.00. The molecule has 1 heteroatoms. The Morgan fingerprint density at radius 3 is 1.50 bits per heavy atom. The van der Waals surface area contributed by atoms with Crippen molar-refractivity contribution >= 4 is 7.92 Å². The Bertz CT molecular complexity index is 166. The third kappa shape index (κ3) is 4.74. The van der Waals surface area contributed by atoms with E-state index in [0.717, 1.165) is 0 Å². The van der Waals surface area contributed by atoms with Crippen LogP contribution in [-0.2, 0) is 0 Å². The molecule has 0 amide bonds. The summed E-state index contributed by atoms with van der Waals surface area (Å²) in [4.78, 5) is 0. The topological polar surface area (TPSA) is 0 Å². The molecule has 0 atom stereocenters. The zero-order valence-corrected chi connectivity index (χ0v) is 13.6. The monoisotopic (exact) mass is 244 g/mol. The second-order valence-electron chi connectivity index (χ2n) is 6.19. The predicted molar refractivity (Wildman–Crippen MR) is 80.1 cm³/mol. The summed E-state index contributed by atoms with van der Waals surface area (Å²) in [5.41, 5.74) is 0. The Balaban J connectivity index is 4.64. The van der Waals surface area contributed by atoms with Crippen LogP contribution in [0.15, 0.2) is 0 Å². The highest BCUT2D eigenvalue weighted by Gasteiger charge is 2.37. The highest BCUT2D eigenvalue weighted by molar-refractivity contribution is 7.60. The summed E-state index contributed by atoms with van der Waals surface area (Å²) in [6, 6.07) is 0. The lowest BCUT2D eigenvalue weighted by Gasteiger charge is -2.45. The highest BCUT2D eigenvalue weighted by atomic mass is 31.1. The summed E-state index contributed by atoms with van der Waals surface area (Å²) in [5.74, 6) is 0. The van der Waals surface area contributed by atoms with Gasteiger partial charge in [-0.1, -0.05) is 69.2 Å². The number of unbranched alkanes of at least 4 members (excludes halogenated alkanes) is 2. The van der Waals surface area contributed by atoms with E-state index >= 15 is 0 Å². The number of hydrogen-bond donors (Lipinski definition) is 0. The van der Waals surface area contributed by atoms with Gasteiger partial charge in [0.2, 0.25) is 0 Å². The van der Waals surface area contributed by atoms with Crippen molar-refractivity contribution in [2.24, 2.45) is 0 Å². The predicted octanol–water partition coefficient (Wildman–Crippen LogP) is 6.04. The standard InChI is InChI=1S/C15H33P/c1-8-11-12-13-16(14(4,5)9-2)15(6,7)10-3/h8-13H2,1-7H3. The van der Waals surface area contributed by atoms with E-state index in [4.69, 9.17) is 0 Å². The van der Waals surface area contributed by atoms with E-state index in [1.807, 2.05) is 0 Å². The number of hydrogen-bond acceptors (Lipinski definition) is 0. The first kappa shape index (κ1) is 16.4. The average molecular weight is 244 g/mol. The lowest BCUT2D eigenvalue weighted by molar-refractivity contribution is 0.597. The second-order valence-corrected chi connectivity index (χ2v) is 9.92. The van der Waals surface area contributed by atoms with Gasteiger partial charge in [0.1, 0.15) is 0 Å². The lowest BCUT2D eigenvalue weighted by Crippen LogP contribution is -2.30. The van der Waals surface area contributed by atoms with Crippen LogP contribution in [0.5, 0.6) is 0 Å². The van der Waals surface area contributed by atoms with Crippen molar-refractivity contribution < 1.29 is 0 Å². The summed E-state index contributed by atoms with van der Waals surface area (Å²) in [5, 5.41) is 1.12. The van der Waals surface area contributed by atoms with Crippen molar-refractivity contribution in [1.29, 1.82) is 0 Å². The van der Waals surface area contributed by atoms with Gasteiger partial charge < -0.3 is 0 Å². The molecule has 0 saturated heterocycles. The van der Waals surface area contributed by atoms with E-state index in [1.165, 1.54) is 38.3 Å². The van der Waals surface area contributed by atoms with Crippen LogP contribution in [0.25, 0.3) is 0 Å². The van der Waals surface area contributed by atoms with Gasteiger partial charge in [0.25, 0.3) is 0 Å². The molecule has 0 N–H and O–H groups in total. The van der Waals surface area contributed by atoms with Crippen LogP contribution < -0.4 is 0 Å². The van der Waals surface area contributed by atoms with Crippen molar-refractivity contribution in [3.8, 4) is 0 Å². The molecule has 0 aromatic heterocycles. The Morgan fingerprint density at radius 2 is 1.19 bits per heavy atom. The molecule has 0 aromatic rings. The molecule has 0 aromatic carbocycles. The Hall–Kier alpha value is 0.430. The maximum Gasteiger partial charge on any atom is -0.0149 e. The summed E-state index contributed by atoms with van der Waals surface area (Å²) >= 11 is 0. The molecule has 0 bridgehead atoms. The molecule has 0 aliphatic carbocycles. The lowest BCUT2D eigenvalue weighted by atomic mass is 10.1. The van der Waals surface area contributed by atoms with Gasteiger partial charge in [-0.2, -0.15) is 0 Å². The fourth-order valence-electron chi connectivity index (χ4n) is 2.33. The Morgan fingerprint density at radius 1 is 0.750 bits per heavy atom. The van der Waals surface area contributed by atoms with E-state index in [2.05, 4.69) is 48.5 Å². The SMILES string of the molecule is CCCCCP(C(C)(C)CC)C(C)(C)CC. The summed E-state index contributed by atoms with van der Waals surface area (Å²) < 4.78 is 0. The first-order valence-electron chi connectivity index (χ1n) is 7.09. The van der Waals surface area contributed by atoms with Crippen LogP contribution in [0.1, 0.15) is 80.6 Å². The molecule has 16 heavy (non-hydrogen) atoms. The minimum absolute atomic E-state index is 0.141. The zero-order valence-electron chi connectivity index (χ0n) is 12.7. The minimum atomic E-state index is 0.141. The average Bonchev–Trinajstić information content (AvgIpc) is 2.23. The van der Waals surface area contributed by atoms with Crippen molar-refractivity contribution in [3.05, 3.63) is 0 Å². The molecule has 0 heterocycles. The largest absolute Gasteiger partial charge is 0.0951 e. The summed E-state index contributed by atoms with van der Waals surface area (Å²) in [7, 11) is 0.141. The third-order valence-corrected chi connectivity index (χ3v) is 8.50. The third-order valence-electron chi connectivity index (χ3n) is 4.18. The quantitative estimate of drug-likeness (QED) is 0.361. The Kier molecular flexibility index (Phi) is 7.18. The van der Waals surface area contributed by atoms with Gasteiger partial charge in [-0.3, -0.25) is 0 Å². The molecule has 0 nitrogen and oxygen atoms in total. The molecule has 0 saturated carbocycles. The molecule has 98 valence electrons. The number of rotatable bonds is 8. The van der Waals surface area contributed by atoms with Gasteiger partial charge in [0.15, 0.2) is 0 Å². The van der Waals surface area contributed by atoms with Crippen LogP contribution >= 0.6 is 7.92 Å². The molecular formula is C15H33P. The van der Waals surface area contributed by atoms with Gasteiger partial charge in [0.05, 0.1) is 0 Å². The minimum Gasteiger partial charge on any atom is -0.0951 e. The van der Waals surface area contributed by atoms with Crippen LogP contribution in [0.2, 0.25) is 0 Å². The smallest absolute Gasteiger partial charge is 0.0149 e. The van der Waals surface area contributed by atoms with Crippen molar-refractivity contribution in [1.82, 2.24) is 0 Å². The van der Waals surface area contributed by atoms with Crippen LogP contribution in [-0.4, -0.2) is 16.5 Å². The van der Waals surface area contributed by atoms with Crippen molar-refractivity contribution in [2.75, 3.05) is 6.16 Å². The van der Waals surface area contributed by atoms with E-state index in [0.29, 0.717) is 10.3 Å². The molecule has 0 spiro atoms. The maximum absolute atomic E-state index is 2.49. The van der Waals surface area contributed by atoms with Gasteiger partial charge >= 0.3 is 0 Å². The van der Waals surface area contributed by atoms with E-state index in [9.17, 15) is 0 Å². The molecule has 0 rings (SSSR count). The highest BCUT2D eigenvalue weighted by Crippen LogP contribution is 2.62. The van der Waals surface area contributed by atoms with E-state index in [1.54, 1.807) is 0 Å². The summed E-state index contributed by atoms with van der Waals surface area (Å²) in [6.07, 6.45) is 8.34. The van der Waals surface area contributed by atoms with Crippen molar-refractivity contribution in [2.45, 2.75) is 90.9 Å². The second kappa shape index (κ2) is 7.00. The first-order chi connectivity index (χ1) is 7.31. The van der Waals surface area contributed by atoms with Gasteiger partial charge in [-0.15, -0.1) is 0 Å². The molecular weight excluding hydrogens is 211 g/mol. The van der Waals surface area contributed by atoms with Gasteiger partial charge in [-0.25, -0.2) is 0 Å². The molecule has 0 radical (unpaired) electrons. The van der Waals surface area contributed by atoms with E-state index in [-0.39, 0.29) is 7.92 Å².